The highest BCUT2D eigenvalue weighted by molar-refractivity contribution is 7.17. The lowest BCUT2D eigenvalue weighted by molar-refractivity contribution is 0.432. The summed E-state index contributed by atoms with van der Waals surface area (Å²) in [5.74, 6) is -0.906. The molecule has 0 atom stereocenters. The van der Waals surface area contributed by atoms with Crippen LogP contribution in [0, 0.1) is 5.82 Å². The maximum absolute atomic E-state index is 13.2. The Bertz CT molecular complexity index is 723. The molecule has 2 nitrogen and oxygen atoms in total. The fourth-order valence-electron chi connectivity index (χ4n) is 1.94. The minimum atomic E-state index is -0.590. The Morgan fingerprint density at radius 1 is 1.11 bits per heavy atom. The second-order valence-corrected chi connectivity index (χ2v) is 5.26. The number of hydrogen-bond donors (Lipinski definition) is 2. The molecule has 1 heterocycles. The van der Waals surface area contributed by atoms with Gasteiger partial charge >= 0.3 is 0 Å². The van der Waals surface area contributed by atoms with E-state index in [9.17, 15) is 4.39 Å². The summed E-state index contributed by atoms with van der Waals surface area (Å²) in [5, 5.41) is 15.6. The third-order valence-electron chi connectivity index (χ3n) is 2.96. The molecule has 2 N–H and O–H groups in total. The molecule has 3 aromatic rings. The third-order valence-corrected chi connectivity index (χ3v) is 3.86. The van der Waals surface area contributed by atoms with Crippen molar-refractivity contribution >= 4 is 27.1 Å². The first-order valence-electron chi connectivity index (χ1n) is 5.91. The van der Waals surface area contributed by atoms with Gasteiger partial charge in [-0.25, -0.2) is 4.39 Å². The molecule has 0 saturated carbocycles. The number of fused-ring (bicyclic) bond motifs is 1. The second kappa shape index (κ2) is 4.90. The Hall–Kier alpha value is -2.07. The van der Waals surface area contributed by atoms with Crippen LogP contribution in [0.15, 0.2) is 47.8 Å². The van der Waals surface area contributed by atoms with E-state index >= 15 is 0 Å². The van der Waals surface area contributed by atoms with Gasteiger partial charge < -0.3 is 10.4 Å². The van der Waals surface area contributed by atoms with Gasteiger partial charge in [-0.05, 0) is 52.7 Å². The molecule has 0 bridgehead atoms. The van der Waals surface area contributed by atoms with Gasteiger partial charge in [-0.15, -0.1) is 11.3 Å². The van der Waals surface area contributed by atoms with Crippen molar-refractivity contribution in [3.8, 4) is 5.75 Å². The van der Waals surface area contributed by atoms with Gasteiger partial charge in [-0.2, -0.15) is 0 Å². The van der Waals surface area contributed by atoms with Crippen LogP contribution in [0.2, 0.25) is 0 Å². The van der Waals surface area contributed by atoms with E-state index in [-0.39, 0.29) is 5.75 Å². The van der Waals surface area contributed by atoms with Crippen molar-refractivity contribution in [1.82, 2.24) is 0 Å². The molecule has 0 aliphatic carbocycles. The first-order chi connectivity index (χ1) is 9.22. The van der Waals surface area contributed by atoms with Crippen molar-refractivity contribution in [2.45, 2.75) is 6.54 Å². The summed E-state index contributed by atoms with van der Waals surface area (Å²) in [6.07, 6.45) is 0. The normalized spacial score (nSPS) is 10.8. The second-order valence-electron chi connectivity index (χ2n) is 4.31. The van der Waals surface area contributed by atoms with Crippen LogP contribution in [0.5, 0.6) is 5.75 Å². The molecule has 0 aliphatic rings. The average molecular weight is 273 g/mol. The highest BCUT2D eigenvalue weighted by atomic mass is 32.1. The van der Waals surface area contributed by atoms with Gasteiger partial charge in [0.05, 0.1) is 0 Å². The summed E-state index contributed by atoms with van der Waals surface area (Å²) in [6, 6.07) is 12.6. The van der Waals surface area contributed by atoms with E-state index in [1.165, 1.54) is 22.2 Å². The minimum Gasteiger partial charge on any atom is -0.505 e. The number of phenolic OH excluding ortho intramolecular Hbond substituents is 1. The van der Waals surface area contributed by atoms with Crippen LogP contribution < -0.4 is 5.32 Å². The largest absolute Gasteiger partial charge is 0.505 e. The van der Waals surface area contributed by atoms with E-state index in [1.54, 1.807) is 17.4 Å². The maximum Gasteiger partial charge on any atom is 0.165 e. The number of halogens is 1. The standard InChI is InChI=1S/C15H12FNOS/c16-13-7-10(1-3-14(13)18)9-17-12-2-4-15-11(8-12)5-6-19-15/h1-8,17-18H,9H2. The molecule has 1 aromatic heterocycles. The summed E-state index contributed by atoms with van der Waals surface area (Å²) in [7, 11) is 0. The van der Waals surface area contributed by atoms with Gasteiger partial charge in [0.25, 0.3) is 0 Å². The molecule has 0 radical (unpaired) electrons. The topological polar surface area (TPSA) is 32.3 Å². The number of phenols is 1. The fourth-order valence-corrected chi connectivity index (χ4v) is 2.71. The molecule has 0 unspecified atom stereocenters. The molecule has 0 amide bonds. The molecule has 0 saturated heterocycles. The molecule has 4 heteroatoms. The van der Waals surface area contributed by atoms with Crippen LogP contribution in [-0.4, -0.2) is 5.11 Å². The van der Waals surface area contributed by atoms with Crippen molar-refractivity contribution in [2.24, 2.45) is 0 Å². The minimum absolute atomic E-state index is 0.316. The van der Waals surface area contributed by atoms with E-state index < -0.39 is 5.82 Å². The molecule has 0 spiro atoms. The molecular formula is C15H12FNOS. The average Bonchev–Trinajstić information content (AvgIpc) is 2.87. The first kappa shape index (κ1) is 12.0. The van der Waals surface area contributed by atoms with Gasteiger partial charge in [0.1, 0.15) is 0 Å². The van der Waals surface area contributed by atoms with Crippen LogP contribution in [0.4, 0.5) is 10.1 Å². The van der Waals surface area contributed by atoms with E-state index in [2.05, 4.69) is 28.9 Å². The zero-order valence-corrected chi connectivity index (χ0v) is 10.9. The maximum atomic E-state index is 13.2. The Morgan fingerprint density at radius 2 is 2.00 bits per heavy atom. The predicted octanol–water partition coefficient (Wildman–Crippen LogP) is 4.36. The van der Waals surface area contributed by atoms with Crippen LogP contribution in [0.3, 0.4) is 0 Å². The van der Waals surface area contributed by atoms with Crippen molar-refractivity contribution in [3.05, 3.63) is 59.2 Å². The van der Waals surface area contributed by atoms with Crippen LogP contribution >= 0.6 is 11.3 Å². The zero-order valence-electron chi connectivity index (χ0n) is 10.1. The molecule has 96 valence electrons. The van der Waals surface area contributed by atoms with E-state index in [1.807, 2.05) is 6.07 Å². The van der Waals surface area contributed by atoms with Gasteiger partial charge in [0.15, 0.2) is 11.6 Å². The summed E-state index contributed by atoms with van der Waals surface area (Å²) in [5.41, 5.74) is 1.79. The number of nitrogens with one attached hydrogen (secondary N) is 1. The molecule has 0 aliphatic heterocycles. The first-order valence-corrected chi connectivity index (χ1v) is 6.79. The quantitative estimate of drug-likeness (QED) is 0.743. The third kappa shape index (κ3) is 2.53. The van der Waals surface area contributed by atoms with Crippen molar-refractivity contribution in [2.75, 3.05) is 5.32 Å². The van der Waals surface area contributed by atoms with Gasteiger partial charge in [-0.3, -0.25) is 0 Å². The summed E-state index contributed by atoms with van der Waals surface area (Å²) < 4.78 is 14.4. The molecule has 3 rings (SSSR count). The summed E-state index contributed by atoms with van der Waals surface area (Å²) in [6.45, 7) is 0.521. The molecular weight excluding hydrogens is 261 g/mol. The monoisotopic (exact) mass is 273 g/mol. The Kier molecular flexibility index (Phi) is 3.09. The summed E-state index contributed by atoms with van der Waals surface area (Å²) >= 11 is 1.71. The lowest BCUT2D eigenvalue weighted by atomic mass is 10.2. The fraction of sp³-hybridized carbons (Fsp3) is 0.0667. The number of hydrogen-bond acceptors (Lipinski definition) is 3. The molecule has 2 aromatic carbocycles. The molecule has 19 heavy (non-hydrogen) atoms. The lowest BCUT2D eigenvalue weighted by Gasteiger charge is -2.07. The van der Waals surface area contributed by atoms with Gasteiger partial charge in [0, 0.05) is 16.9 Å². The van der Waals surface area contributed by atoms with Crippen molar-refractivity contribution < 1.29 is 9.50 Å². The van der Waals surface area contributed by atoms with Crippen LogP contribution in [-0.2, 0) is 6.54 Å². The lowest BCUT2D eigenvalue weighted by Crippen LogP contribution is -1.99. The Morgan fingerprint density at radius 3 is 2.84 bits per heavy atom. The summed E-state index contributed by atoms with van der Waals surface area (Å²) in [4.78, 5) is 0. The Labute approximate surface area is 114 Å². The van der Waals surface area contributed by atoms with Crippen LogP contribution in [0.25, 0.3) is 10.1 Å². The highest BCUT2D eigenvalue weighted by Crippen LogP contribution is 2.24. The smallest absolute Gasteiger partial charge is 0.165 e. The van der Waals surface area contributed by atoms with Crippen molar-refractivity contribution in [1.29, 1.82) is 0 Å². The number of rotatable bonds is 3. The Balaban J connectivity index is 1.75. The van der Waals surface area contributed by atoms with Gasteiger partial charge in [0.2, 0.25) is 0 Å². The van der Waals surface area contributed by atoms with E-state index in [4.69, 9.17) is 5.11 Å². The van der Waals surface area contributed by atoms with Crippen LogP contribution in [0.1, 0.15) is 5.56 Å². The van der Waals surface area contributed by atoms with Crippen molar-refractivity contribution in [3.63, 3.8) is 0 Å². The number of thiophene rings is 1. The van der Waals surface area contributed by atoms with E-state index in [0.717, 1.165) is 11.3 Å². The van der Waals surface area contributed by atoms with E-state index in [0.29, 0.717) is 6.54 Å². The van der Waals surface area contributed by atoms with Gasteiger partial charge in [-0.1, -0.05) is 6.07 Å². The molecule has 0 fully saturated rings. The number of benzene rings is 2. The predicted molar refractivity (Wildman–Crippen MR) is 77.2 cm³/mol. The number of aromatic hydroxyl groups is 1. The zero-order chi connectivity index (χ0) is 13.2. The number of anilines is 1. The SMILES string of the molecule is Oc1ccc(CNc2ccc3sccc3c2)cc1F. The highest BCUT2D eigenvalue weighted by Gasteiger charge is 2.02.